The number of anilines is 3. The Morgan fingerprint density at radius 3 is 2.26 bits per heavy atom. The third kappa shape index (κ3) is 6.86. The Labute approximate surface area is 205 Å². The SMILES string of the molecule is Cl.O=C(NNc1ccccc1NC(=O)c1ccccc1)OCC1CCN(c2ccncc2)CC1. The summed E-state index contributed by atoms with van der Waals surface area (Å²) < 4.78 is 5.41. The van der Waals surface area contributed by atoms with Gasteiger partial charge in [-0.15, -0.1) is 12.4 Å². The van der Waals surface area contributed by atoms with Gasteiger partial charge in [-0.3, -0.25) is 15.2 Å². The number of halogens is 1. The molecule has 34 heavy (non-hydrogen) atoms. The van der Waals surface area contributed by atoms with Crippen molar-refractivity contribution in [1.29, 1.82) is 0 Å². The zero-order chi connectivity index (χ0) is 22.9. The number of amides is 2. The molecule has 1 saturated heterocycles. The molecule has 2 amide bonds. The van der Waals surface area contributed by atoms with Crippen LogP contribution in [-0.2, 0) is 4.74 Å². The number of aromatic nitrogens is 1. The van der Waals surface area contributed by atoms with E-state index in [2.05, 4.69) is 26.1 Å². The molecule has 0 unspecified atom stereocenters. The minimum absolute atomic E-state index is 0. The molecule has 1 aromatic heterocycles. The summed E-state index contributed by atoms with van der Waals surface area (Å²) in [7, 11) is 0. The maximum Gasteiger partial charge on any atom is 0.425 e. The maximum absolute atomic E-state index is 12.4. The smallest absolute Gasteiger partial charge is 0.425 e. The van der Waals surface area contributed by atoms with Gasteiger partial charge in [0.15, 0.2) is 0 Å². The fourth-order valence-electron chi connectivity index (χ4n) is 3.75. The third-order valence-electron chi connectivity index (χ3n) is 5.60. The summed E-state index contributed by atoms with van der Waals surface area (Å²) in [5, 5.41) is 2.85. The van der Waals surface area contributed by atoms with Gasteiger partial charge in [-0.1, -0.05) is 30.3 Å². The molecule has 4 rings (SSSR count). The van der Waals surface area contributed by atoms with E-state index < -0.39 is 6.09 Å². The van der Waals surface area contributed by atoms with E-state index in [-0.39, 0.29) is 18.3 Å². The van der Waals surface area contributed by atoms with Crippen LogP contribution in [0.1, 0.15) is 23.2 Å². The van der Waals surface area contributed by atoms with Gasteiger partial charge >= 0.3 is 6.09 Å². The number of hydrogen-bond acceptors (Lipinski definition) is 6. The molecule has 1 fully saturated rings. The van der Waals surface area contributed by atoms with Crippen molar-refractivity contribution in [3.8, 4) is 0 Å². The molecule has 0 spiro atoms. The Kier molecular flexibility index (Phi) is 9.11. The van der Waals surface area contributed by atoms with E-state index in [9.17, 15) is 9.59 Å². The molecule has 1 aliphatic heterocycles. The first-order valence-electron chi connectivity index (χ1n) is 11.0. The first-order valence-corrected chi connectivity index (χ1v) is 11.0. The van der Waals surface area contributed by atoms with Gasteiger partial charge in [0, 0.05) is 36.7 Å². The second kappa shape index (κ2) is 12.5. The molecule has 0 atom stereocenters. The van der Waals surface area contributed by atoms with E-state index in [1.807, 2.05) is 30.3 Å². The lowest BCUT2D eigenvalue weighted by Gasteiger charge is -2.33. The molecule has 0 saturated carbocycles. The molecule has 3 N–H and O–H groups in total. The van der Waals surface area contributed by atoms with Crippen LogP contribution in [-0.4, -0.2) is 36.7 Å². The van der Waals surface area contributed by atoms with Gasteiger partial charge in [0.05, 0.1) is 18.0 Å². The van der Waals surface area contributed by atoms with Crippen molar-refractivity contribution in [3.05, 3.63) is 84.7 Å². The number of piperidine rings is 1. The van der Waals surface area contributed by atoms with Gasteiger partial charge in [-0.2, -0.15) is 0 Å². The molecule has 2 heterocycles. The number of rotatable bonds is 7. The average molecular weight is 482 g/mol. The van der Waals surface area contributed by atoms with Crippen LogP contribution in [0.15, 0.2) is 79.1 Å². The van der Waals surface area contributed by atoms with Gasteiger partial charge < -0.3 is 15.0 Å². The lowest BCUT2D eigenvalue weighted by atomic mass is 9.97. The first kappa shape index (κ1) is 24.9. The largest absolute Gasteiger partial charge is 0.448 e. The van der Waals surface area contributed by atoms with Crippen molar-refractivity contribution in [1.82, 2.24) is 10.4 Å². The number of nitrogens with zero attached hydrogens (tertiary/aromatic N) is 2. The summed E-state index contributed by atoms with van der Waals surface area (Å²) in [6.07, 6.45) is 4.95. The highest BCUT2D eigenvalue weighted by atomic mass is 35.5. The summed E-state index contributed by atoms with van der Waals surface area (Å²) >= 11 is 0. The second-order valence-corrected chi connectivity index (χ2v) is 7.85. The summed E-state index contributed by atoms with van der Waals surface area (Å²) in [4.78, 5) is 31.0. The number of ether oxygens (including phenoxy) is 1. The summed E-state index contributed by atoms with van der Waals surface area (Å²) in [6.45, 7) is 2.21. The molecule has 2 aromatic carbocycles. The molecular weight excluding hydrogens is 454 g/mol. The second-order valence-electron chi connectivity index (χ2n) is 7.85. The molecule has 0 bridgehead atoms. The van der Waals surface area contributed by atoms with E-state index >= 15 is 0 Å². The van der Waals surface area contributed by atoms with Crippen LogP contribution in [0.25, 0.3) is 0 Å². The van der Waals surface area contributed by atoms with Crippen LogP contribution >= 0.6 is 12.4 Å². The quantitative estimate of drug-likeness (QED) is 0.422. The number of pyridine rings is 1. The molecule has 1 aliphatic rings. The molecular formula is C25H28ClN5O3. The fourth-order valence-corrected chi connectivity index (χ4v) is 3.75. The fraction of sp³-hybridized carbons (Fsp3) is 0.240. The van der Waals surface area contributed by atoms with Crippen molar-refractivity contribution >= 4 is 41.5 Å². The Bertz CT molecular complexity index is 1060. The Balaban J connectivity index is 0.00000324. The monoisotopic (exact) mass is 481 g/mol. The summed E-state index contributed by atoms with van der Waals surface area (Å²) in [5.41, 5.74) is 8.21. The lowest BCUT2D eigenvalue weighted by molar-refractivity contribution is 0.102. The molecule has 3 aromatic rings. The number of hydrazine groups is 1. The van der Waals surface area contributed by atoms with Crippen molar-refractivity contribution in [2.24, 2.45) is 5.92 Å². The Morgan fingerprint density at radius 1 is 0.912 bits per heavy atom. The van der Waals surface area contributed by atoms with Crippen LogP contribution in [0, 0.1) is 5.92 Å². The number of para-hydroxylation sites is 2. The van der Waals surface area contributed by atoms with Crippen molar-refractivity contribution in [2.45, 2.75) is 12.8 Å². The van der Waals surface area contributed by atoms with Crippen molar-refractivity contribution in [2.75, 3.05) is 35.3 Å². The van der Waals surface area contributed by atoms with Crippen LogP contribution in [0.3, 0.4) is 0 Å². The summed E-state index contributed by atoms with van der Waals surface area (Å²) in [5.74, 6) is 0.0943. The zero-order valence-corrected chi connectivity index (χ0v) is 19.5. The zero-order valence-electron chi connectivity index (χ0n) is 18.6. The molecule has 9 heteroatoms. The highest BCUT2D eigenvalue weighted by Gasteiger charge is 2.21. The molecule has 8 nitrogen and oxygen atoms in total. The van der Waals surface area contributed by atoms with Crippen molar-refractivity contribution in [3.63, 3.8) is 0 Å². The van der Waals surface area contributed by atoms with Gasteiger partial charge in [-0.05, 0) is 55.2 Å². The standard InChI is InChI=1S/C25H27N5O3.ClH/c31-24(20-6-2-1-3-7-20)27-22-8-4-5-9-23(22)28-29-25(32)33-18-19-12-16-30(17-13-19)21-10-14-26-15-11-21;/h1-11,14-15,19,28H,12-13,16-18H2,(H,27,31)(H,29,32);1H. The first-order chi connectivity index (χ1) is 16.2. The van der Waals surface area contributed by atoms with Gasteiger partial charge in [-0.25, -0.2) is 10.2 Å². The lowest BCUT2D eigenvalue weighted by Crippen LogP contribution is -2.37. The van der Waals surface area contributed by atoms with Gasteiger partial charge in [0.2, 0.25) is 0 Å². The normalized spacial score (nSPS) is 13.4. The van der Waals surface area contributed by atoms with Crippen LogP contribution in [0.4, 0.5) is 21.9 Å². The van der Waals surface area contributed by atoms with E-state index in [0.29, 0.717) is 29.5 Å². The topological polar surface area (TPSA) is 95.6 Å². The van der Waals surface area contributed by atoms with Crippen molar-refractivity contribution < 1.29 is 14.3 Å². The Hall–Kier alpha value is -3.78. The number of hydrogen-bond donors (Lipinski definition) is 3. The van der Waals surface area contributed by atoms with Crippen LogP contribution in [0.5, 0.6) is 0 Å². The highest BCUT2D eigenvalue weighted by molar-refractivity contribution is 6.05. The number of carbonyl (C=O) groups excluding carboxylic acids is 2. The molecule has 0 radical (unpaired) electrons. The van der Waals surface area contributed by atoms with E-state index in [0.717, 1.165) is 25.9 Å². The number of benzene rings is 2. The molecule has 0 aliphatic carbocycles. The van der Waals surface area contributed by atoms with Crippen LogP contribution in [0.2, 0.25) is 0 Å². The Morgan fingerprint density at radius 2 is 1.56 bits per heavy atom. The summed E-state index contributed by atoms with van der Waals surface area (Å²) in [6, 6.07) is 20.1. The minimum Gasteiger partial charge on any atom is -0.448 e. The maximum atomic E-state index is 12.4. The third-order valence-corrected chi connectivity index (χ3v) is 5.60. The van der Waals surface area contributed by atoms with E-state index in [1.165, 1.54) is 5.69 Å². The highest BCUT2D eigenvalue weighted by Crippen LogP contribution is 2.23. The van der Waals surface area contributed by atoms with Gasteiger partial charge in [0.25, 0.3) is 5.91 Å². The average Bonchev–Trinajstić information content (AvgIpc) is 2.88. The van der Waals surface area contributed by atoms with Crippen LogP contribution < -0.4 is 21.1 Å². The van der Waals surface area contributed by atoms with E-state index in [4.69, 9.17) is 4.74 Å². The predicted molar refractivity (Wildman–Crippen MR) is 135 cm³/mol. The van der Waals surface area contributed by atoms with E-state index in [1.54, 1.807) is 48.8 Å². The number of carbonyl (C=O) groups is 2. The predicted octanol–water partition coefficient (Wildman–Crippen LogP) is 4.73. The minimum atomic E-state index is -0.559. The number of nitrogens with one attached hydrogen (secondary N) is 3. The molecule has 178 valence electrons. The van der Waals surface area contributed by atoms with Gasteiger partial charge in [0.1, 0.15) is 0 Å².